The lowest BCUT2D eigenvalue weighted by molar-refractivity contribution is -0.144. The summed E-state index contributed by atoms with van der Waals surface area (Å²) in [5.74, 6) is 4.18. The second-order valence-corrected chi connectivity index (χ2v) is 10.1. The lowest BCUT2D eigenvalue weighted by Crippen LogP contribution is -2.55. The molecule has 0 amide bonds. The smallest absolute Gasteiger partial charge is 0.0258 e. The molecule has 0 heterocycles. The molecule has 0 aromatic carbocycles. The molecule has 0 aromatic rings. The van der Waals surface area contributed by atoms with Crippen LogP contribution in [-0.4, -0.2) is 0 Å². The summed E-state index contributed by atoms with van der Waals surface area (Å²) in [6.45, 7) is 10.4. The molecule has 4 aliphatic rings. The molecule has 0 N–H and O–H groups in total. The summed E-state index contributed by atoms with van der Waals surface area (Å²) in [7, 11) is 0. The second kappa shape index (κ2) is 4.05. The van der Waals surface area contributed by atoms with Crippen LogP contribution in [0.25, 0.3) is 0 Å². The van der Waals surface area contributed by atoms with Crippen molar-refractivity contribution in [2.75, 3.05) is 0 Å². The Balaban J connectivity index is 1.72. The van der Waals surface area contributed by atoms with E-state index in [1.54, 1.807) is 38.5 Å². The Bertz CT molecular complexity index is 404. The van der Waals surface area contributed by atoms with E-state index in [9.17, 15) is 0 Å². The second-order valence-electron chi connectivity index (χ2n) is 10.1. The van der Waals surface area contributed by atoms with E-state index in [1.807, 2.05) is 0 Å². The third kappa shape index (κ3) is 1.60. The van der Waals surface area contributed by atoms with Gasteiger partial charge in [-0.25, -0.2) is 0 Å². The molecule has 4 fully saturated rings. The van der Waals surface area contributed by atoms with Crippen molar-refractivity contribution in [3.63, 3.8) is 0 Å². The van der Waals surface area contributed by atoms with Crippen LogP contribution in [0.15, 0.2) is 0 Å². The number of fused-ring (bicyclic) bond motifs is 3. The van der Waals surface area contributed by atoms with Gasteiger partial charge in [-0.1, -0.05) is 34.1 Å². The Labute approximate surface area is 126 Å². The maximum Gasteiger partial charge on any atom is -0.0258 e. The summed E-state index contributed by atoms with van der Waals surface area (Å²) < 4.78 is 0. The third-order valence-corrected chi connectivity index (χ3v) is 8.77. The van der Waals surface area contributed by atoms with Crippen LogP contribution in [0.2, 0.25) is 0 Å². The van der Waals surface area contributed by atoms with Crippen molar-refractivity contribution in [1.82, 2.24) is 0 Å². The standard InChI is InChI=1S/C20H34/c1-14-12-20-11-8-16-18(2,3)9-5-10-19(16,4)17(20)7-6-15(14)13-20/h14-17H,5-13H2,1-4H3/t14?,15?,16?,17?,19-,20?/m1/s1. The predicted molar refractivity (Wildman–Crippen MR) is 85.5 cm³/mol. The first-order chi connectivity index (χ1) is 9.37. The highest BCUT2D eigenvalue weighted by molar-refractivity contribution is 5.12. The lowest BCUT2D eigenvalue weighted by atomic mass is 9.41. The van der Waals surface area contributed by atoms with E-state index in [0.717, 1.165) is 29.1 Å². The molecule has 0 saturated heterocycles. The van der Waals surface area contributed by atoms with E-state index in [4.69, 9.17) is 0 Å². The number of hydrogen-bond acceptors (Lipinski definition) is 0. The average Bonchev–Trinajstić information content (AvgIpc) is 2.58. The van der Waals surface area contributed by atoms with E-state index in [1.165, 1.54) is 19.3 Å². The molecule has 20 heavy (non-hydrogen) atoms. The molecular formula is C20H34. The van der Waals surface area contributed by atoms with Gasteiger partial charge in [0.05, 0.1) is 0 Å². The Morgan fingerprint density at radius 3 is 2.40 bits per heavy atom. The lowest BCUT2D eigenvalue weighted by Gasteiger charge is -2.64. The summed E-state index contributed by atoms with van der Waals surface area (Å²) in [6.07, 6.45) is 13.9. The topological polar surface area (TPSA) is 0 Å². The molecule has 4 aliphatic carbocycles. The van der Waals surface area contributed by atoms with Gasteiger partial charge in [0, 0.05) is 0 Å². The minimum absolute atomic E-state index is 0.607. The molecule has 5 unspecified atom stereocenters. The van der Waals surface area contributed by atoms with Crippen LogP contribution in [0.4, 0.5) is 0 Å². The molecule has 1 spiro atoms. The fourth-order valence-electron chi connectivity index (χ4n) is 8.12. The van der Waals surface area contributed by atoms with Crippen molar-refractivity contribution in [2.24, 2.45) is 39.9 Å². The fraction of sp³-hybridized carbons (Fsp3) is 1.00. The van der Waals surface area contributed by atoms with Gasteiger partial charge in [0.2, 0.25) is 0 Å². The molecule has 0 nitrogen and oxygen atoms in total. The van der Waals surface area contributed by atoms with E-state index in [-0.39, 0.29) is 0 Å². The molecule has 0 aromatic heterocycles. The van der Waals surface area contributed by atoms with Crippen LogP contribution in [0.1, 0.15) is 85.5 Å². The first-order valence-corrected chi connectivity index (χ1v) is 9.37. The van der Waals surface area contributed by atoms with Crippen LogP contribution in [-0.2, 0) is 0 Å². The SMILES string of the molecule is CC1CC23CCC4C(C)(C)CCC[C@@]4(C)C2CCC1C3. The molecule has 4 saturated carbocycles. The van der Waals surface area contributed by atoms with Gasteiger partial charge in [-0.05, 0) is 91.3 Å². The van der Waals surface area contributed by atoms with Gasteiger partial charge >= 0.3 is 0 Å². The normalized spacial score (nSPS) is 57.0. The largest absolute Gasteiger partial charge is 0.0622 e. The van der Waals surface area contributed by atoms with Crippen molar-refractivity contribution in [3.8, 4) is 0 Å². The van der Waals surface area contributed by atoms with Gasteiger partial charge in [0.1, 0.15) is 0 Å². The average molecular weight is 274 g/mol. The molecular weight excluding hydrogens is 240 g/mol. The number of rotatable bonds is 0. The molecule has 4 rings (SSSR count). The van der Waals surface area contributed by atoms with E-state index >= 15 is 0 Å². The Kier molecular flexibility index (Phi) is 2.76. The minimum atomic E-state index is 0.607. The zero-order valence-corrected chi connectivity index (χ0v) is 14.2. The maximum absolute atomic E-state index is 2.72. The van der Waals surface area contributed by atoms with Crippen LogP contribution >= 0.6 is 0 Å². The van der Waals surface area contributed by atoms with Gasteiger partial charge < -0.3 is 0 Å². The van der Waals surface area contributed by atoms with Crippen LogP contribution in [0.3, 0.4) is 0 Å². The highest BCUT2D eigenvalue weighted by atomic mass is 14.7. The summed E-state index contributed by atoms with van der Waals surface area (Å²) in [4.78, 5) is 0. The highest BCUT2D eigenvalue weighted by Crippen LogP contribution is 2.72. The first-order valence-electron chi connectivity index (χ1n) is 9.37. The number of hydrogen-bond donors (Lipinski definition) is 0. The van der Waals surface area contributed by atoms with Crippen molar-refractivity contribution in [3.05, 3.63) is 0 Å². The van der Waals surface area contributed by atoms with E-state index in [2.05, 4.69) is 27.7 Å². The van der Waals surface area contributed by atoms with E-state index in [0.29, 0.717) is 10.8 Å². The van der Waals surface area contributed by atoms with Crippen molar-refractivity contribution in [1.29, 1.82) is 0 Å². The molecule has 0 heteroatoms. The zero-order chi connectivity index (χ0) is 14.2. The first kappa shape index (κ1) is 13.6. The van der Waals surface area contributed by atoms with Crippen LogP contribution in [0, 0.1) is 39.9 Å². The predicted octanol–water partition coefficient (Wildman–Crippen LogP) is 6.06. The van der Waals surface area contributed by atoms with Gasteiger partial charge in [0.25, 0.3) is 0 Å². The molecule has 0 aliphatic heterocycles. The monoisotopic (exact) mass is 274 g/mol. The molecule has 6 atom stereocenters. The summed E-state index contributed by atoms with van der Waals surface area (Å²) >= 11 is 0. The zero-order valence-electron chi connectivity index (χ0n) is 14.2. The van der Waals surface area contributed by atoms with Gasteiger partial charge in [-0.15, -0.1) is 0 Å². The van der Waals surface area contributed by atoms with Gasteiger partial charge in [-0.2, -0.15) is 0 Å². The summed E-state index contributed by atoms with van der Waals surface area (Å²) in [5.41, 5.74) is 2.06. The Morgan fingerprint density at radius 1 is 0.800 bits per heavy atom. The summed E-state index contributed by atoms with van der Waals surface area (Å²) in [5, 5.41) is 0. The van der Waals surface area contributed by atoms with Crippen LogP contribution < -0.4 is 0 Å². The molecule has 0 radical (unpaired) electrons. The molecule has 114 valence electrons. The van der Waals surface area contributed by atoms with Gasteiger partial charge in [0.15, 0.2) is 0 Å². The maximum atomic E-state index is 2.72. The fourth-order valence-corrected chi connectivity index (χ4v) is 8.12. The third-order valence-electron chi connectivity index (χ3n) is 8.77. The Hall–Kier alpha value is 0. The Morgan fingerprint density at radius 2 is 1.60 bits per heavy atom. The highest BCUT2D eigenvalue weighted by Gasteiger charge is 2.63. The minimum Gasteiger partial charge on any atom is -0.0622 e. The summed E-state index contributed by atoms with van der Waals surface area (Å²) in [6, 6.07) is 0. The van der Waals surface area contributed by atoms with Crippen molar-refractivity contribution in [2.45, 2.75) is 85.5 Å². The van der Waals surface area contributed by atoms with Gasteiger partial charge in [-0.3, -0.25) is 0 Å². The van der Waals surface area contributed by atoms with Crippen molar-refractivity contribution >= 4 is 0 Å². The van der Waals surface area contributed by atoms with Crippen molar-refractivity contribution < 1.29 is 0 Å². The van der Waals surface area contributed by atoms with E-state index < -0.39 is 0 Å². The quantitative estimate of drug-likeness (QED) is 0.504. The van der Waals surface area contributed by atoms with Crippen LogP contribution in [0.5, 0.6) is 0 Å². The molecule has 2 bridgehead atoms.